The molecule has 1 saturated heterocycles. The second-order valence-corrected chi connectivity index (χ2v) is 9.98. The molecule has 0 radical (unpaired) electrons. The van der Waals surface area contributed by atoms with Crippen molar-refractivity contribution in [1.29, 1.82) is 0 Å². The van der Waals surface area contributed by atoms with Gasteiger partial charge in [0.2, 0.25) is 11.8 Å². The van der Waals surface area contributed by atoms with Crippen molar-refractivity contribution >= 4 is 61.3 Å². The molecule has 2 aliphatic rings. The van der Waals surface area contributed by atoms with Crippen molar-refractivity contribution in [3.63, 3.8) is 0 Å². The van der Waals surface area contributed by atoms with Crippen LogP contribution < -0.4 is 11.1 Å². The number of likely N-dealkylation sites (tertiary alicyclic amines) is 1. The molecule has 0 bridgehead atoms. The van der Waals surface area contributed by atoms with Crippen molar-refractivity contribution < 1.29 is 9.59 Å². The fourth-order valence-electron chi connectivity index (χ4n) is 5.21. The predicted octanol–water partition coefficient (Wildman–Crippen LogP) is 2.74. The largest absolute Gasteiger partial charge is 0.383 e. The van der Waals surface area contributed by atoms with E-state index < -0.39 is 6.04 Å². The standard InChI is InChI=1S/C23H21BrN8O2/c1-23-7-14(22(34)30-17-4-2-3-16(24)29-17)32(15(23)8-23)18(33)10-31-13-5-6-26-9-12(13)19-20(25)27-11-28-21(19)31/h2-6,9,11,14-15H,7-8,10H2,1H3,(H2,25,27,28)(H,29,30,34)/t14-,15+,23-/m0/s1. The Morgan fingerprint density at radius 3 is 2.94 bits per heavy atom. The number of pyridine rings is 2. The Hall–Kier alpha value is -3.60. The minimum atomic E-state index is -0.563. The Balaban J connectivity index is 1.33. The van der Waals surface area contributed by atoms with Gasteiger partial charge in [0.15, 0.2) is 0 Å². The summed E-state index contributed by atoms with van der Waals surface area (Å²) in [5.74, 6) is 0.412. The number of hydrogen-bond acceptors (Lipinski definition) is 7. The van der Waals surface area contributed by atoms with Gasteiger partial charge in [-0.05, 0) is 52.4 Å². The summed E-state index contributed by atoms with van der Waals surface area (Å²) >= 11 is 3.32. The van der Waals surface area contributed by atoms with E-state index in [0.717, 1.165) is 17.3 Å². The number of anilines is 2. The lowest BCUT2D eigenvalue weighted by Gasteiger charge is -2.27. The second kappa shape index (κ2) is 7.45. The van der Waals surface area contributed by atoms with Gasteiger partial charge in [-0.15, -0.1) is 0 Å². The van der Waals surface area contributed by atoms with Crippen molar-refractivity contribution in [2.45, 2.75) is 38.4 Å². The molecule has 5 heterocycles. The Morgan fingerprint density at radius 2 is 2.12 bits per heavy atom. The van der Waals surface area contributed by atoms with Crippen LogP contribution in [0.3, 0.4) is 0 Å². The van der Waals surface area contributed by atoms with E-state index in [4.69, 9.17) is 5.73 Å². The molecule has 34 heavy (non-hydrogen) atoms. The summed E-state index contributed by atoms with van der Waals surface area (Å²) in [5.41, 5.74) is 7.45. The number of nitrogens with two attached hydrogens (primary N) is 1. The minimum Gasteiger partial charge on any atom is -0.383 e. The maximum Gasteiger partial charge on any atom is 0.248 e. The third kappa shape index (κ3) is 3.22. The van der Waals surface area contributed by atoms with Gasteiger partial charge in [-0.1, -0.05) is 13.0 Å². The summed E-state index contributed by atoms with van der Waals surface area (Å²) in [6, 6.07) is 6.62. The van der Waals surface area contributed by atoms with E-state index in [1.165, 1.54) is 6.33 Å². The third-order valence-electron chi connectivity index (χ3n) is 6.96. The summed E-state index contributed by atoms with van der Waals surface area (Å²) in [7, 11) is 0. The number of amides is 2. The van der Waals surface area contributed by atoms with E-state index in [2.05, 4.69) is 48.1 Å². The first-order valence-electron chi connectivity index (χ1n) is 10.9. The summed E-state index contributed by atoms with van der Waals surface area (Å²) in [5, 5.41) is 4.33. The molecule has 2 amide bonds. The Labute approximate surface area is 202 Å². The molecule has 1 aliphatic heterocycles. The van der Waals surface area contributed by atoms with Crippen molar-refractivity contribution in [3.05, 3.63) is 47.6 Å². The quantitative estimate of drug-likeness (QED) is 0.395. The zero-order valence-corrected chi connectivity index (χ0v) is 19.9. The molecule has 2 fully saturated rings. The Kier molecular flexibility index (Phi) is 4.60. The lowest BCUT2D eigenvalue weighted by Crippen LogP contribution is -2.46. The Bertz CT molecular complexity index is 1490. The smallest absolute Gasteiger partial charge is 0.248 e. The van der Waals surface area contributed by atoms with Gasteiger partial charge in [0, 0.05) is 23.8 Å². The molecular weight excluding hydrogens is 500 g/mol. The maximum absolute atomic E-state index is 13.7. The fourth-order valence-corrected chi connectivity index (χ4v) is 5.55. The predicted molar refractivity (Wildman–Crippen MR) is 130 cm³/mol. The van der Waals surface area contributed by atoms with Gasteiger partial charge in [-0.25, -0.2) is 15.0 Å². The van der Waals surface area contributed by atoms with Gasteiger partial charge in [-0.3, -0.25) is 14.6 Å². The van der Waals surface area contributed by atoms with E-state index in [9.17, 15) is 9.59 Å². The highest BCUT2D eigenvalue weighted by Gasteiger charge is 2.64. The lowest BCUT2D eigenvalue weighted by molar-refractivity contribution is -0.138. The molecule has 4 aromatic heterocycles. The van der Waals surface area contributed by atoms with Gasteiger partial charge in [0.05, 0.1) is 10.9 Å². The molecule has 10 nitrogen and oxygen atoms in total. The number of nitrogen functional groups attached to an aromatic ring is 1. The number of nitrogens with one attached hydrogen (secondary N) is 1. The highest BCUT2D eigenvalue weighted by molar-refractivity contribution is 9.10. The number of carbonyl (C=O) groups excluding carboxylic acids is 2. The summed E-state index contributed by atoms with van der Waals surface area (Å²) in [6.45, 7) is 2.16. The van der Waals surface area contributed by atoms with E-state index in [1.807, 2.05) is 10.6 Å². The number of hydrogen-bond donors (Lipinski definition) is 2. The summed E-state index contributed by atoms with van der Waals surface area (Å²) in [4.78, 5) is 45.6. The van der Waals surface area contributed by atoms with Gasteiger partial charge >= 0.3 is 0 Å². The van der Waals surface area contributed by atoms with E-state index in [-0.39, 0.29) is 29.8 Å². The molecule has 1 saturated carbocycles. The molecule has 3 N–H and O–H groups in total. The fraction of sp³-hybridized carbons (Fsp3) is 0.304. The Morgan fingerprint density at radius 1 is 1.26 bits per heavy atom. The van der Waals surface area contributed by atoms with Crippen LogP contribution in [0.4, 0.5) is 11.6 Å². The number of fused-ring (bicyclic) bond motifs is 4. The minimum absolute atomic E-state index is 0.0337. The van der Waals surface area contributed by atoms with Crippen LogP contribution in [0.2, 0.25) is 0 Å². The van der Waals surface area contributed by atoms with Crippen LogP contribution in [-0.2, 0) is 16.1 Å². The van der Waals surface area contributed by atoms with Crippen molar-refractivity contribution in [2.24, 2.45) is 5.41 Å². The van der Waals surface area contributed by atoms with Gasteiger partial charge < -0.3 is 20.5 Å². The second-order valence-electron chi connectivity index (χ2n) is 9.17. The molecule has 3 atom stereocenters. The van der Waals surface area contributed by atoms with Crippen LogP contribution in [0.1, 0.15) is 19.8 Å². The average molecular weight is 521 g/mol. The molecule has 11 heteroatoms. The molecule has 0 spiro atoms. The third-order valence-corrected chi connectivity index (χ3v) is 7.40. The van der Waals surface area contributed by atoms with Crippen molar-refractivity contribution in [2.75, 3.05) is 11.1 Å². The molecular formula is C23H21BrN8O2. The number of carbonyl (C=O) groups is 2. The molecule has 0 aromatic carbocycles. The van der Waals surface area contributed by atoms with E-state index in [0.29, 0.717) is 33.7 Å². The first-order chi connectivity index (χ1) is 16.4. The first kappa shape index (κ1) is 21.0. The molecule has 172 valence electrons. The van der Waals surface area contributed by atoms with Gasteiger partial charge in [-0.2, -0.15) is 0 Å². The number of nitrogens with zero attached hydrogens (tertiary/aromatic N) is 6. The van der Waals surface area contributed by atoms with Gasteiger partial charge in [0.25, 0.3) is 0 Å². The lowest BCUT2D eigenvalue weighted by atomic mass is 10.0. The van der Waals surface area contributed by atoms with Crippen LogP contribution in [0.25, 0.3) is 21.9 Å². The molecule has 0 unspecified atom stereocenters. The normalized spacial score (nSPS) is 23.3. The summed E-state index contributed by atoms with van der Waals surface area (Å²) < 4.78 is 2.46. The highest BCUT2D eigenvalue weighted by atomic mass is 79.9. The SMILES string of the molecule is C[C@@]12C[C@@H](C(=O)Nc3cccc(Br)n3)N(C(=O)Cn3c4ccncc4c4c(N)ncnc43)[C@@H]1C2. The molecule has 1 aliphatic carbocycles. The van der Waals surface area contributed by atoms with Crippen LogP contribution in [0.5, 0.6) is 0 Å². The summed E-state index contributed by atoms with van der Waals surface area (Å²) in [6.07, 6.45) is 6.27. The first-order valence-corrected chi connectivity index (χ1v) is 11.7. The van der Waals surface area contributed by atoms with Crippen LogP contribution >= 0.6 is 15.9 Å². The van der Waals surface area contributed by atoms with Crippen molar-refractivity contribution in [1.82, 2.24) is 29.4 Å². The van der Waals surface area contributed by atoms with Crippen LogP contribution in [0.15, 0.2) is 47.6 Å². The van der Waals surface area contributed by atoms with E-state index >= 15 is 0 Å². The average Bonchev–Trinajstić information content (AvgIpc) is 3.21. The van der Waals surface area contributed by atoms with Crippen molar-refractivity contribution in [3.8, 4) is 0 Å². The van der Waals surface area contributed by atoms with Crippen LogP contribution in [-0.4, -0.2) is 53.3 Å². The van der Waals surface area contributed by atoms with E-state index in [1.54, 1.807) is 35.5 Å². The monoisotopic (exact) mass is 520 g/mol. The number of piperidine rings is 1. The molecule has 4 aromatic rings. The zero-order valence-electron chi connectivity index (χ0n) is 18.3. The van der Waals surface area contributed by atoms with Gasteiger partial charge in [0.1, 0.15) is 40.8 Å². The maximum atomic E-state index is 13.7. The number of halogens is 1. The number of rotatable bonds is 4. The number of aromatic nitrogens is 5. The topological polar surface area (TPSA) is 132 Å². The highest BCUT2D eigenvalue weighted by Crippen LogP contribution is 2.59. The van der Waals surface area contributed by atoms with Crippen LogP contribution in [0, 0.1) is 5.41 Å². The zero-order chi connectivity index (χ0) is 23.6. The molecule has 6 rings (SSSR count).